The van der Waals surface area contributed by atoms with Gasteiger partial charge in [-0.3, -0.25) is 0 Å². The van der Waals surface area contributed by atoms with Crippen molar-refractivity contribution in [1.82, 2.24) is 4.90 Å². The molecule has 0 unspecified atom stereocenters. The van der Waals surface area contributed by atoms with Crippen LogP contribution in [0.5, 0.6) is 0 Å². The van der Waals surface area contributed by atoms with Gasteiger partial charge in [0.2, 0.25) is 0 Å². The Labute approximate surface area is 158 Å². The quantitative estimate of drug-likeness (QED) is 0.556. The molecular formula is C18H27NO6S. The fraction of sp³-hybridized carbons (Fsp3) is 0.611. The van der Waals surface area contributed by atoms with E-state index in [0.29, 0.717) is 10.4 Å². The number of carbonyl (C=O) groups is 3. The summed E-state index contributed by atoms with van der Waals surface area (Å²) in [5.41, 5.74) is -0.917. The molecule has 0 aliphatic heterocycles. The van der Waals surface area contributed by atoms with Gasteiger partial charge < -0.3 is 14.2 Å². The summed E-state index contributed by atoms with van der Waals surface area (Å²) in [4.78, 5) is 38.0. The summed E-state index contributed by atoms with van der Waals surface area (Å²) in [6.07, 6.45) is -1.62. The lowest BCUT2D eigenvalue weighted by molar-refractivity contribution is -0.000243. The molecule has 2 amide bonds. The number of rotatable bonds is 4. The molecule has 26 heavy (non-hydrogen) atoms. The first kappa shape index (κ1) is 22.0. The van der Waals surface area contributed by atoms with Gasteiger partial charge in [0.1, 0.15) is 16.1 Å². The van der Waals surface area contributed by atoms with Crippen LogP contribution in [0.1, 0.15) is 63.7 Å². The predicted molar refractivity (Wildman–Crippen MR) is 98.3 cm³/mol. The summed E-state index contributed by atoms with van der Waals surface area (Å²) in [6, 6.07) is 1.59. The van der Waals surface area contributed by atoms with Crippen molar-refractivity contribution in [2.24, 2.45) is 0 Å². The van der Waals surface area contributed by atoms with Crippen molar-refractivity contribution in [3.63, 3.8) is 0 Å². The molecule has 1 rings (SSSR count). The minimum absolute atomic E-state index is 0.0697. The predicted octanol–water partition coefficient (Wildman–Crippen LogP) is 4.60. The number of hydrogen-bond donors (Lipinski definition) is 0. The first-order valence-corrected chi connectivity index (χ1v) is 9.18. The Kier molecular flexibility index (Phi) is 7.20. The van der Waals surface area contributed by atoms with E-state index in [1.54, 1.807) is 59.9 Å². The summed E-state index contributed by atoms with van der Waals surface area (Å²) in [5.74, 6) is -0.440. The van der Waals surface area contributed by atoms with E-state index in [4.69, 9.17) is 14.2 Å². The molecule has 0 saturated carbocycles. The molecular weight excluding hydrogens is 358 g/mol. The van der Waals surface area contributed by atoms with Crippen LogP contribution in [0, 0.1) is 0 Å². The molecule has 146 valence electrons. The van der Waals surface area contributed by atoms with Gasteiger partial charge >= 0.3 is 18.2 Å². The number of thiophene rings is 1. The Morgan fingerprint density at radius 1 is 1.00 bits per heavy atom. The van der Waals surface area contributed by atoms with E-state index >= 15 is 0 Å². The van der Waals surface area contributed by atoms with Crippen molar-refractivity contribution < 1.29 is 28.6 Å². The Hall–Kier alpha value is -2.09. The van der Waals surface area contributed by atoms with Crippen LogP contribution >= 0.6 is 11.3 Å². The smallest absolute Gasteiger partial charge is 0.420 e. The average Bonchev–Trinajstić information content (AvgIpc) is 2.89. The maximum atomic E-state index is 12.4. The highest BCUT2D eigenvalue weighted by Gasteiger charge is 2.31. The van der Waals surface area contributed by atoms with Crippen LogP contribution in [0.15, 0.2) is 11.4 Å². The van der Waals surface area contributed by atoms with Gasteiger partial charge in [-0.15, -0.1) is 11.3 Å². The van der Waals surface area contributed by atoms with Gasteiger partial charge in [-0.05, 0) is 65.5 Å². The van der Waals surface area contributed by atoms with Crippen molar-refractivity contribution >= 4 is 29.5 Å². The highest BCUT2D eigenvalue weighted by Crippen LogP contribution is 2.21. The SMILES string of the molecule is CCOC(=O)c1cc(CN(C(=O)OC(C)(C)C)C(=O)OC(C)(C)C)cs1. The molecule has 0 atom stereocenters. The van der Waals surface area contributed by atoms with E-state index in [0.717, 1.165) is 4.90 Å². The van der Waals surface area contributed by atoms with Gasteiger partial charge in [0.25, 0.3) is 0 Å². The largest absolute Gasteiger partial charge is 0.462 e. The van der Waals surface area contributed by atoms with Crippen LogP contribution in [0.2, 0.25) is 0 Å². The molecule has 0 fully saturated rings. The van der Waals surface area contributed by atoms with Crippen molar-refractivity contribution in [1.29, 1.82) is 0 Å². The summed E-state index contributed by atoms with van der Waals surface area (Å²) < 4.78 is 15.5. The second-order valence-electron chi connectivity index (χ2n) is 7.59. The van der Waals surface area contributed by atoms with Crippen LogP contribution in [0.4, 0.5) is 9.59 Å². The van der Waals surface area contributed by atoms with Crippen LogP contribution in [0.3, 0.4) is 0 Å². The van der Waals surface area contributed by atoms with Gasteiger partial charge in [0.05, 0.1) is 13.2 Å². The Balaban J connectivity index is 3.00. The van der Waals surface area contributed by atoms with Gasteiger partial charge in [0.15, 0.2) is 0 Å². The third-order valence-electron chi connectivity index (χ3n) is 2.70. The van der Waals surface area contributed by atoms with E-state index in [9.17, 15) is 14.4 Å². The minimum Gasteiger partial charge on any atom is -0.462 e. The Bertz CT molecular complexity index is 625. The fourth-order valence-corrected chi connectivity index (χ4v) is 2.58. The van der Waals surface area contributed by atoms with Crippen LogP contribution < -0.4 is 0 Å². The lowest BCUT2D eigenvalue weighted by atomic mass is 10.2. The topological polar surface area (TPSA) is 82.1 Å². The molecule has 1 heterocycles. The molecule has 8 heteroatoms. The lowest BCUT2D eigenvalue weighted by Crippen LogP contribution is -2.43. The third kappa shape index (κ3) is 7.43. The zero-order valence-corrected chi connectivity index (χ0v) is 17.2. The van der Waals surface area contributed by atoms with Gasteiger partial charge in [-0.25, -0.2) is 19.3 Å². The summed E-state index contributed by atoms with van der Waals surface area (Å²) in [5, 5.41) is 1.69. The maximum Gasteiger partial charge on any atom is 0.420 e. The number of esters is 1. The highest BCUT2D eigenvalue weighted by molar-refractivity contribution is 7.12. The molecule has 0 aromatic carbocycles. The van der Waals surface area contributed by atoms with E-state index in [-0.39, 0.29) is 13.2 Å². The summed E-state index contributed by atoms with van der Waals surface area (Å²) in [6.45, 7) is 12.2. The number of ether oxygens (including phenoxy) is 3. The number of imide groups is 1. The normalized spacial score (nSPS) is 11.7. The van der Waals surface area contributed by atoms with E-state index in [2.05, 4.69) is 0 Å². The first-order valence-electron chi connectivity index (χ1n) is 8.30. The molecule has 0 bridgehead atoms. The second-order valence-corrected chi connectivity index (χ2v) is 8.50. The first-order chi connectivity index (χ1) is 11.8. The van der Waals surface area contributed by atoms with Gasteiger partial charge in [-0.2, -0.15) is 0 Å². The molecule has 1 aromatic rings. The third-order valence-corrected chi connectivity index (χ3v) is 3.66. The van der Waals surface area contributed by atoms with Crippen molar-refractivity contribution in [2.75, 3.05) is 6.61 Å². The summed E-state index contributed by atoms with van der Waals surface area (Å²) >= 11 is 1.18. The Morgan fingerprint density at radius 2 is 1.50 bits per heavy atom. The molecule has 1 aromatic heterocycles. The zero-order chi connectivity index (χ0) is 20.1. The summed E-state index contributed by atoms with van der Waals surface area (Å²) in [7, 11) is 0. The van der Waals surface area contributed by atoms with Gasteiger partial charge in [-0.1, -0.05) is 0 Å². The fourth-order valence-electron chi connectivity index (χ4n) is 1.79. The number of hydrogen-bond acceptors (Lipinski definition) is 7. The molecule has 0 spiro atoms. The molecule has 0 aliphatic rings. The van der Waals surface area contributed by atoms with Crippen LogP contribution in [-0.2, 0) is 20.8 Å². The molecule has 0 saturated heterocycles. The lowest BCUT2D eigenvalue weighted by Gasteiger charge is -2.28. The van der Waals surface area contributed by atoms with Crippen LogP contribution in [0.25, 0.3) is 0 Å². The Morgan fingerprint density at radius 3 is 1.92 bits per heavy atom. The molecule has 0 radical (unpaired) electrons. The standard InChI is InChI=1S/C18H27NO6S/c1-8-23-14(20)13-9-12(11-26-13)10-19(15(21)24-17(2,3)4)16(22)25-18(5,6)7/h9,11H,8,10H2,1-7H3. The molecule has 0 N–H and O–H groups in total. The van der Waals surface area contributed by atoms with Crippen molar-refractivity contribution in [2.45, 2.75) is 66.2 Å². The minimum atomic E-state index is -0.810. The molecule has 0 aliphatic carbocycles. The molecule has 7 nitrogen and oxygen atoms in total. The number of carbonyl (C=O) groups excluding carboxylic acids is 3. The van der Waals surface area contributed by atoms with E-state index in [1.807, 2.05) is 0 Å². The second kappa shape index (κ2) is 8.53. The number of amides is 2. The maximum absolute atomic E-state index is 12.4. The van der Waals surface area contributed by atoms with Crippen LogP contribution in [-0.4, -0.2) is 40.9 Å². The average molecular weight is 385 g/mol. The monoisotopic (exact) mass is 385 g/mol. The number of nitrogens with zero attached hydrogens (tertiary/aromatic N) is 1. The zero-order valence-electron chi connectivity index (χ0n) is 16.4. The van der Waals surface area contributed by atoms with Gasteiger partial charge in [0, 0.05) is 0 Å². The van der Waals surface area contributed by atoms with Crippen molar-refractivity contribution in [3.8, 4) is 0 Å². The van der Waals surface area contributed by atoms with Crippen molar-refractivity contribution in [3.05, 3.63) is 21.9 Å². The van der Waals surface area contributed by atoms with E-state index in [1.165, 1.54) is 11.3 Å². The highest BCUT2D eigenvalue weighted by atomic mass is 32.1. The van der Waals surface area contributed by atoms with E-state index < -0.39 is 29.4 Å².